The molecule has 0 aliphatic carbocycles. The van der Waals surface area contributed by atoms with E-state index in [1.54, 1.807) is 0 Å². The smallest absolute Gasteiger partial charge is 0.0727 e. The predicted octanol–water partition coefficient (Wildman–Crippen LogP) is 3.26. The molecule has 0 saturated carbocycles. The highest BCUT2D eigenvalue weighted by atomic mass is 16.5. The zero-order valence-corrected chi connectivity index (χ0v) is 14.4. The molecule has 0 amide bonds. The van der Waals surface area contributed by atoms with Gasteiger partial charge in [-0.2, -0.15) is 26.3 Å². The number of nitrogens with zero attached hydrogens (tertiary/aromatic N) is 5. The molecule has 0 rings (SSSR count). The Bertz CT molecular complexity index is 553. The second-order valence-corrected chi connectivity index (χ2v) is 5.56. The standard InChI is InChI=1S/C18H23N5O2/c19-9-1-6-17(24-14-4-12-22)16-18(7-2-10-20,8-3-11-21)25-15-5-13-23/h17H,1-8,14-16H2. The van der Waals surface area contributed by atoms with E-state index in [-0.39, 0.29) is 45.0 Å². The molecule has 0 aliphatic rings. The minimum Gasteiger partial charge on any atom is -0.377 e. The Morgan fingerprint density at radius 1 is 0.680 bits per heavy atom. The van der Waals surface area contributed by atoms with E-state index in [1.165, 1.54) is 0 Å². The monoisotopic (exact) mass is 341 g/mol. The Morgan fingerprint density at radius 3 is 1.72 bits per heavy atom. The number of ether oxygens (including phenoxy) is 2. The Morgan fingerprint density at radius 2 is 1.20 bits per heavy atom. The van der Waals surface area contributed by atoms with Crippen molar-refractivity contribution in [3.8, 4) is 30.3 Å². The molecule has 0 N–H and O–H groups in total. The van der Waals surface area contributed by atoms with Crippen molar-refractivity contribution >= 4 is 0 Å². The van der Waals surface area contributed by atoms with Crippen LogP contribution in [0.3, 0.4) is 0 Å². The molecule has 0 aromatic rings. The third-order valence-corrected chi connectivity index (χ3v) is 3.75. The second kappa shape index (κ2) is 14.9. The van der Waals surface area contributed by atoms with Crippen LogP contribution in [-0.2, 0) is 9.47 Å². The van der Waals surface area contributed by atoms with Crippen molar-refractivity contribution in [1.82, 2.24) is 0 Å². The zero-order chi connectivity index (χ0) is 18.8. The van der Waals surface area contributed by atoms with Gasteiger partial charge in [-0.25, -0.2) is 0 Å². The van der Waals surface area contributed by atoms with E-state index in [1.807, 2.05) is 12.1 Å². The molecule has 0 heterocycles. The minimum atomic E-state index is -0.741. The average molecular weight is 341 g/mol. The summed E-state index contributed by atoms with van der Waals surface area (Å²) in [5.74, 6) is 0. The lowest BCUT2D eigenvalue weighted by atomic mass is 9.85. The zero-order valence-electron chi connectivity index (χ0n) is 14.4. The number of hydrogen-bond acceptors (Lipinski definition) is 7. The maximum absolute atomic E-state index is 8.94. The molecule has 132 valence electrons. The fraction of sp³-hybridized carbons (Fsp3) is 0.722. The summed E-state index contributed by atoms with van der Waals surface area (Å²) < 4.78 is 11.7. The van der Waals surface area contributed by atoms with Crippen molar-refractivity contribution in [2.24, 2.45) is 0 Å². The molecule has 0 aromatic heterocycles. The van der Waals surface area contributed by atoms with Crippen molar-refractivity contribution in [3.63, 3.8) is 0 Å². The normalized spacial score (nSPS) is 11.3. The first-order valence-electron chi connectivity index (χ1n) is 8.28. The Balaban J connectivity index is 5.20. The van der Waals surface area contributed by atoms with Gasteiger partial charge in [-0.3, -0.25) is 0 Å². The van der Waals surface area contributed by atoms with Crippen molar-refractivity contribution in [2.75, 3.05) is 13.2 Å². The van der Waals surface area contributed by atoms with Crippen LogP contribution in [0.15, 0.2) is 0 Å². The summed E-state index contributed by atoms with van der Waals surface area (Å²) in [6, 6.07) is 10.3. The fourth-order valence-electron chi connectivity index (χ4n) is 2.57. The highest BCUT2D eigenvalue weighted by molar-refractivity contribution is 4.92. The molecule has 1 unspecified atom stereocenters. The second-order valence-electron chi connectivity index (χ2n) is 5.56. The van der Waals surface area contributed by atoms with Crippen molar-refractivity contribution in [3.05, 3.63) is 0 Å². The Hall–Kier alpha value is -2.63. The van der Waals surface area contributed by atoms with Crippen LogP contribution in [0.1, 0.15) is 57.8 Å². The summed E-state index contributed by atoms with van der Waals surface area (Å²) in [5.41, 5.74) is -0.741. The van der Waals surface area contributed by atoms with Crippen LogP contribution in [0.4, 0.5) is 0 Å². The van der Waals surface area contributed by atoms with Crippen molar-refractivity contribution < 1.29 is 9.47 Å². The van der Waals surface area contributed by atoms with E-state index in [2.05, 4.69) is 18.2 Å². The van der Waals surface area contributed by atoms with E-state index in [9.17, 15) is 0 Å². The van der Waals surface area contributed by atoms with Gasteiger partial charge in [-0.05, 0) is 19.3 Å². The molecule has 25 heavy (non-hydrogen) atoms. The molecule has 0 aliphatic heterocycles. The van der Waals surface area contributed by atoms with Crippen LogP contribution in [0.2, 0.25) is 0 Å². The molecule has 0 radical (unpaired) electrons. The molecule has 7 heteroatoms. The summed E-state index contributed by atoms with van der Waals surface area (Å²) in [5, 5.41) is 44.1. The van der Waals surface area contributed by atoms with Gasteiger partial charge in [0.25, 0.3) is 0 Å². The van der Waals surface area contributed by atoms with Gasteiger partial charge in [-0.15, -0.1) is 0 Å². The van der Waals surface area contributed by atoms with Gasteiger partial charge in [0.05, 0.1) is 68.1 Å². The van der Waals surface area contributed by atoms with E-state index < -0.39 is 5.60 Å². The van der Waals surface area contributed by atoms with Crippen molar-refractivity contribution in [2.45, 2.75) is 69.5 Å². The van der Waals surface area contributed by atoms with E-state index in [4.69, 9.17) is 35.8 Å². The minimum absolute atomic E-state index is 0.219. The summed E-state index contributed by atoms with van der Waals surface area (Å²) in [4.78, 5) is 0. The maximum Gasteiger partial charge on any atom is 0.0727 e. The van der Waals surface area contributed by atoms with Crippen LogP contribution in [0.25, 0.3) is 0 Å². The quantitative estimate of drug-likeness (QED) is 0.442. The third-order valence-electron chi connectivity index (χ3n) is 3.75. The lowest BCUT2D eigenvalue weighted by Crippen LogP contribution is -2.38. The summed E-state index contributed by atoms with van der Waals surface area (Å²) in [6.45, 7) is 0.480. The van der Waals surface area contributed by atoms with Crippen LogP contribution >= 0.6 is 0 Å². The number of nitriles is 5. The molecule has 1 atom stereocenters. The number of rotatable bonds is 14. The molecule has 0 fully saturated rings. The molecule has 0 aromatic carbocycles. The lowest BCUT2D eigenvalue weighted by Gasteiger charge is -2.36. The largest absolute Gasteiger partial charge is 0.377 e. The van der Waals surface area contributed by atoms with Crippen LogP contribution in [0.5, 0.6) is 0 Å². The van der Waals surface area contributed by atoms with Gasteiger partial charge in [0.15, 0.2) is 0 Å². The lowest BCUT2D eigenvalue weighted by molar-refractivity contribution is -0.0944. The summed E-state index contributed by atoms with van der Waals surface area (Å²) in [7, 11) is 0. The van der Waals surface area contributed by atoms with E-state index in [0.29, 0.717) is 32.1 Å². The van der Waals surface area contributed by atoms with Gasteiger partial charge in [0.1, 0.15) is 0 Å². The van der Waals surface area contributed by atoms with Gasteiger partial charge >= 0.3 is 0 Å². The van der Waals surface area contributed by atoms with Crippen LogP contribution in [0, 0.1) is 56.7 Å². The SMILES string of the molecule is N#CCCOC(CCC#N)CC(CCC#N)(CCC#N)OCCC#N. The first-order chi connectivity index (χ1) is 12.2. The maximum atomic E-state index is 8.94. The van der Waals surface area contributed by atoms with Gasteiger partial charge in [-0.1, -0.05) is 0 Å². The molecule has 0 spiro atoms. The van der Waals surface area contributed by atoms with E-state index in [0.717, 1.165) is 0 Å². The van der Waals surface area contributed by atoms with Gasteiger partial charge < -0.3 is 9.47 Å². The first-order valence-corrected chi connectivity index (χ1v) is 8.28. The van der Waals surface area contributed by atoms with Crippen LogP contribution in [-0.4, -0.2) is 24.9 Å². The predicted molar refractivity (Wildman–Crippen MR) is 88.0 cm³/mol. The summed E-state index contributed by atoms with van der Waals surface area (Å²) in [6.07, 6.45) is 2.79. The van der Waals surface area contributed by atoms with Gasteiger partial charge in [0.2, 0.25) is 0 Å². The molecular weight excluding hydrogens is 318 g/mol. The molecular formula is C18H23N5O2. The topological polar surface area (TPSA) is 137 Å². The Labute approximate surface area is 149 Å². The molecule has 0 bridgehead atoms. The Kier molecular flexibility index (Phi) is 13.4. The van der Waals surface area contributed by atoms with Crippen molar-refractivity contribution in [1.29, 1.82) is 26.3 Å². The number of hydrogen-bond donors (Lipinski definition) is 0. The van der Waals surface area contributed by atoms with Crippen LogP contribution < -0.4 is 0 Å². The first kappa shape index (κ1) is 22.4. The summed E-state index contributed by atoms with van der Waals surface area (Å²) >= 11 is 0. The van der Waals surface area contributed by atoms with E-state index >= 15 is 0 Å². The third kappa shape index (κ3) is 10.7. The molecule has 7 nitrogen and oxygen atoms in total. The molecule has 0 saturated heterocycles. The highest BCUT2D eigenvalue weighted by Gasteiger charge is 2.34. The highest BCUT2D eigenvalue weighted by Crippen LogP contribution is 2.32. The average Bonchev–Trinajstić information content (AvgIpc) is 2.62. The van der Waals surface area contributed by atoms with Gasteiger partial charge in [0, 0.05) is 25.7 Å². The fourth-order valence-corrected chi connectivity index (χ4v) is 2.57.